The first-order chi connectivity index (χ1) is 11.5. The molecule has 1 aromatic carbocycles. The van der Waals surface area contributed by atoms with Crippen LogP contribution in [0.1, 0.15) is 27.3 Å². The number of nitrogens with one attached hydrogen (secondary N) is 1. The summed E-state index contributed by atoms with van der Waals surface area (Å²) in [7, 11) is 0. The number of halogens is 1. The predicted molar refractivity (Wildman–Crippen MR) is 94.4 cm³/mol. The third kappa shape index (κ3) is 3.81. The van der Waals surface area contributed by atoms with Crippen LogP contribution in [0.5, 0.6) is 0 Å². The maximum Gasteiger partial charge on any atom is 0.256 e. The smallest absolute Gasteiger partial charge is 0.256 e. The fourth-order valence-corrected chi connectivity index (χ4v) is 2.52. The Hall–Kier alpha value is -2.66. The van der Waals surface area contributed by atoms with Crippen molar-refractivity contribution < 1.29 is 4.79 Å². The van der Waals surface area contributed by atoms with E-state index in [0.717, 1.165) is 17.0 Å². The highest BCUT2D eigenvalue weighted by atomic mass is 35.5. The van der Waals surface area contributed by atoms with Gasteiger partial charge in [0, 0.05) is 17.5 Å². The summed E-state index contributed by atoms with van der Waals surface area (Å²) in [6.07, 6.45) is 1.49. The minimum Gasteiger partial charge on any atom is -0.307 e. The van der Waals surface area contributed by atoms with Gasteiger partial charge in [0.15, 0.2) is 0 Å². The molecule has 0 spiro atoms. The van der Waals surface area contributed by atoms with Gasteiger partial charge in [-0.05, 0) is 49.7 Å². The van der Waals surface area contributed by atoms with E-state index < -0.39 is 0 Å². The molecule has 2 aromatic heterocycles. The van der Waals surface area contributed by atoms with E-state index in [0.29, 0.717) is 22.9 Å². The number of amides is 1. The summed E-state index contributed by atoms with van der Waals surface area (Å²) in [5.74, 6) is 0.263. The number of carbonyl (C=O) groups is 1. The van der Waals surface area contributed by atoms with E-state index in [9.17, 15) is 4.79 Å². The van der Waals surface area contributed by atoms with Gasteiger partial charge >= 0.3 is 0 Å². The molecule has 0 aliphatic rings. The molecule has 0 atom stereocenters. The van der Waals surface area contributed by atoms with Crippen LogP contribution in [0.25, 0.3) is 0 Å². The summed E-state index contributed by atoms with van der Waals surface area (Å²) in [4.78, 5) is 16.3. The number of hydrogen-bond acceptors (Lipinski definition) is 3. The Bertz CT molecular complexity index is 854. The third-order valence-corrected chi connectivity index (χ3v) is 3.84. The molecule has 0 bridgehead atoms. The van der Waals surface area contributed by atoms with Crippen molar-refractivity contribution in [2.24, 2.45) is 0 Å². The van der Waals surface area contributed by atoms with Gasteiger partial charge in [0.1, 0.15) is 5.82 Å². The maximum atomic E-state index is 12.2. The van der Waals surface area contributed by atoms with Crippen molar-refractivity contribution in [2.45, 2.75) is 20.4 Å². The number of carbonyl (C=O) groups excluding carboxylic acids is 1. The van der Waals surface area contributed by atoms with Gasteiger partial charge in [0.05, 0.1) is 17.3 Å². The number of aryl methyl sites for hydroxylation is 2. The molecule has 0 unspecified atom stereocenters. The van der Waals surface area contributed by atoms with Crippen LogP contribution in [0.4, 0.5) is 5.82 Å². The summed E-state index contributed by atoms with van der Waals surface area (Å²) in [5, 5.41) is 7.71. The Labute approximate surface area is 145 Å². The molecule has 3 aromatic rings. The number of hydrogen-bond donors (Lipinski definition) is 1. The van der Waals surface area contributed by atoms with Crippen LogP contribution in [0, 0.1) is 13.8 Å². The highest BCUT2D eigenvalue weighted by Gasteiger charge is 2.08. The normalized spacial score (nSPS) is 10.6. The molecular formula is C18H17ClN4O. The monoisotopic (exact) mass is 340 g/mol. The molecule has 0 aliphatic carbocycles. The van der Waals surface area contributed by atoms with Gasteiger partial charge in [-0.1, -0.05) is 23.7 Å². The summed E-state index contributed by atoms with van der Waals surface area (Å²) < 4.78 is 1.95. The molecule has 122 valence electrons. The van der Waals surface area contributed by atoms with E-state index in [1.54, 1.807) is 24.3 Å². The SMILES string of the molecule is Cc1cc(C)n(Cc2ccc(C(=O)Nc3ccc(Cl)cn3)cc2)n1. The predicted octanol–water partition coefficient (Wildman–Crippen LogP) is 3.85. The van der Waals surface area contributed by atoms with Crippen molar-refractivity contribution in [2.75, 3.05) is 5.32 Å². The Morgan fingerprint density at radius 3 is 2.50 bits per heavy atom. The zero-order chi connectivity index (χ0) is 17.1. The molecular weight excluding hydrogens is 324 g/mol. The molecule has 5 nitrogen and oxygen atoms in total. The lowest BCUT2D eigenvalue weighted by atomic mass is 10.1. The molecule has 2 heterocycles. The number of rotatable bonds is 4. The van der Waals surface area contributed by atoms with Crippen LogP contribution >= 0.6 is 11.6 Å². The van der Waals surface area contributed by atoms with E-state index in [1.807, 2.05) is 36.7 Å². The van der Waals surface area contributed by atoms with Crippen LogP contribution in [0.2, 0.25) is 5.02 Å². The van der Waals surface area contributed by atoms with E-state index in [-0.39, 0.29) is 5.91 Å². The molecule has 1 N–H and O–H groups in total. The van der Waals surface area contributed by atoms with Gasteiger partial charge in [-0.2, -0.15) is 5.10 Å². The van der Waals surface area contributed by atoms with Crippen molar-refractivity contribution in [3.05, 3.63) is 76.2 Å². The summed E-state index contributed by atoms with van der Waals surface area (Å²) in [5.41, 5.74) is 3.77. The summed E-state index contributed by atoms with van der Waals surface area (Å²) in [6, 6.07) is 12.8. The quantitative estimate of drug-likeness (QED) is 0.784. The zero-order valence-corrected chi connectivity index (χ0v) is 14.2. The van der Waals surface area contributed by atoms with E-state index >= 15 is 0 Å². The minimum absolute atomic E-state index is 0.206. The molecule has 3 rings (SSSR count). The van der Waals surface area contributed by atoms with Crippen molar-refractivity contribution in [3.8, 4) is 0 Å². The molecule has 0 radical (unpaired) electrons. The van der Waals surface area contributed by atoms with Gasteiger partial charge in [0.25, 0.3) is 5.91 Å². The number of anilines is 1. The van der Waals surface area contributed by atoms with Crippen LogP contribution in [0.3, 0.4) is 0 Å². The largest absolute Gasteiger partial charge is 0.307 e. The average molecular weight is 341 g/mol. The van der Waals surface area contributed by atoms with Gasteiger partial charge < -0.3 is 5.32 Å². The fraction of sp³-hybridized carbons (Fsp3) is 0.167. The summed E-state index contributed by atoms with van der Waals surface area (Å²) in [6.45, 7) is 4.68. The topological polar surface area (TPSA) is 59.8 Å². The zero-order valence-electron chi connectivity index (χ0n) is 13.5. The lowest BCUT2D eigenvalue weighted by molar-refractivity contribution is 0.102. The molecule has 0 saturated heterocycles. The Kier molecular flexibility index (Phi) is 4.62. The van der Waals surface area contributed by atoms with Crippen LogP contribution in [-0.2, 0) is 6.54 Å². The van der Waals surface area contributed by atoms with E-state index in [1.165, 1.54) is 6.20 Å². The molecule has 24 heavy (non-hydrogen) atoms. The molecule has 0 fully saturated rings. The highest BCUT2D eigenvalue weighted by Crippen LogP contribution is 2.13. The van der Waals surface area contributed by atoms with Gasteiger partial charge in [-0.3, -0.25) is 9.48 Å². The molecule has 0 saturated carbocycles. The van der Waals surface area contributed by atoms with Gasteiger partial charge in [0.2, 0.25) is 0 Å². The number of aromatic nitrogens is 3. The summed E-state index contributed by atoms with van der Waals surface area (Å²) >= 11 is 5.78. The lowest BCUT2D eigenvalue weighted by Crippen LogP contribution is -2.13. The highest BCUT2D eigenvalue weighted by molar-refractivity contribution is 6.30. The van der Waals surface area contributed by atoms with Gasteiger partial charge in [-0.25, -0.2) is 4.98 Å². The van der Waals surface area contributed by atoms with Crippen molar-refractivity contribution in [1.29, 1.82) is 0 Å². The second-order valence-corrected chi connectivity index (χ2v) is 6.03. The van der Waals surface area contributed by atoms with Crippen LogP contribution in [0.15, 0.2) is 48.7 Å². The van der Waals surface area contributed by atoms with Crippen LogP contribution in [-0.4, -0.2) is 20.7 Å². The van der Waals surface area contributed by atoms with Gasteiger partial charge in [-0.15, -0.1) is 0 Å². The second-order valence-electron chi connectivity index (χ2n) is 5.60. The number of benzene rings is 1. The number of pyridine rings is 1. The fourth-order valence-electron chi connectivity index (χ4n) is 2.41. The second kappa shape index (κ2) is 6.84. The maximum absolute atomic E-state index is 12.2. The van der Waals surface area contributed by atoms with Crippen molar-refractivity contribution in [1.82, 2.24) is 14.8 Å². The molecule has 1 amide bonds. The Morgan fingerprint density at radius 2 is 1.92 bits per heavy atom. The Balaban J connectivity index is 1.68. The minimum atomic E-state index is -0.206. The Morgan fingerprint density at radius 1 is 1.17 bits per heavy atom. The lowest BCUT2D eigenvalue weighted by Gasteiger charge is -2.07. The third-order valence-electron chi connectivity index (χ3n) is 3.62. The first-order valence-electron chi connectivity index (χ1n) is 7.54. The first-order valence-corrected chi connectivity index (χ1v) is 7.92. The van der Waals surface area contributed by atoms with E-state index in [4.69, 9.17) is 11.6 Å². The first kappa shape index (κ1) is 16.2. The standard InChI is InChI=1S/C18H17ClN4O/c1-12-9-13(2)23(22-12)11-14-3-5-15(6-4-14)18(24)21-17-8-7-16(19)10-20-17/h3-10H,11H2,1-2H3,(H,20,21,24). The van der Waals surface area contributed by atoms with Crippen LogP contribution < -0.4 is 5.32 Å². The molecule has 0 aliphatic heterocycles. The van der Waals surface area contributed by atoms with Crippen molar-refractivity contribution >= 4 is 23.3 Å². The van der Waals surface area contributed by atoms with E-state index in [2.05, 4.69) is 15.4 Å². The van der Waals surface area contributed by atoms with Crippen molar-refractivity contribution in [3.63, 3.8) is 0 Å². The number of nitrogens with zero attached hydrogens (tertiary/aromatic N) is 3. The molecule has 6 heteroatoms. The average Bonchev–Trinajstić information content (AvgIpc) is 2.88.